The number of hydrogen-bond donors (Lipinski definition) is 0. The molecule has 0 fully saturated rings. The average Bonchev–Trinajstić information content (AvgIpc) is 3.49. The molecule has 0 N–H and O–H groups in total. The van der Waals surface area contributed by atoms with Gasteiger partial charge < -0.3 is 25.3 Å². The quantitative estimate of drug-likeness (QED) is 0.144. The number of fused-ring (bicyclic) bond motifs is 2. The van der Waals surface area contributed by atoms with E-state index in [0.29, 0.717) is 0 Å². The number of rotatable bonds is 3. The van der Waals surface area contributed by atoms with E-state index in [4.69, 9.17) is 30.2 Å². The van der Waals surface area contributed by atoms with Crippen LogP contribution in [0.5, 0.6) is 0 Å². The first kappa shape index (κ1) is 28.9. The van der Waals surface area contributed by atoms with Gasteiger partial charge in [-0.05, 0) is 42.3 Å². The van der Waals surface area contributed by atoms with Gasteiger partial charge in [-0.25, -0.2) is 9.97 Å². The summed E-state index contributed by atoms with van der Waals surface area (Å²) in [5.74, 6) is 0. The molecule has 0 bridgehead atoms. The Morgan fingerprint density at radius 1 is 0.632 bits per heavy atom. The first-order valence-electron chi connectivity index (χ1n) is 12.0. The number of benzene rings is 4. The molecule has 0 amide bonds. The van der Waals surface area contributed by atoms with E-state index in [-0.39, 0.29) is 19.5 Å². The Balaban J connectivity index is 0.000000174. The summed E-state index contributed by atoms with van der Waals surface area (Å²) in [5, 5.41) is 3.48. The Labute approximate surface area is 257 Å². The summed E-state index contributed by atoms with van der Waals surface area (Å²) in [7, 11) is -1.33. The molecule has 186 valence electrons. The minimum Gasteiger partial charge on any atom is -0.779 e. The number of aromatic nitrogens is 2. The largest absolute Gasteiger partial charge is 2.00 e. The molecule has 2 nitrogen and oxygen atoms in total. The predicted molar refractivity (Wildman–Crippen MR) is 169 cm³/mol. The number of hydrogen-bond acceptors (Lipinski definition) is 6. The van der Waals surface area contributed by atoms with Gasteiger partial charge in [0.2, 0.25) is 0 Å². The first-order valence-corrected chi connectivity index (χ1v) is 17.9. The molecule has 6 aromatic rings. The summed E-state index contributed by atoms with van der Waals surface area (Å²) in [4.78, 5) is 11.1. The number of aryl methyl sites for hydroxylation is 1. The van der Waals surface area contributed by atoms with Crippen LogP contribution in [0.2, 0.25) is 19.6 Å². The van der Waals surface area contributed by atoms with Crippen LogP contribution in [-0.4, -0.2) is 18.0 Å². The Bertz CT molecular complexity index is 1650. The maximum atomic E-state index is 5.50. The third kappa shape index (κ3) is 6.39. The van der Waals surface area contributed by atoms with Crippen molar-refractivity contribution in [3.05, 3.63) is 90.5 Å². The van der Waals surface area contributed by atoms with E-state index in [1.54, 1.807) is 22.7 Å². The van der Waals surface area contributed by atoms with E-state index >= 15 is 0 Å². The van der Waals surface area contributed by atoms with Crippen LogP contribution in [0.3, 0.4) is 0 Å². The standard InChI is InChI=1S/C16H17NS2Si.C14H11NS2.Zn/c1-20(2,3)11-8-9-14(18)12(10-11)16-17-13-6-4-5-7-15(13)19-16;1-9-6-7-12(16)10(8-9)14-15-11-4-2-3-5-13(11)17-14;/h4-10,18H,1-3H3;2-8,16H,1H3;/q;;+2/p-2. The molecule has 2 heterocycles. The predicted octanol–water partition coefficient (Wildman–Crippen LogP) is 8.59. The van der Waals surface area contributed by atoms with Crippen LogP contribution in [0.15, 0.2) is 94.7 Å². The summed E-state index contributed by atoms with van der Waals surface area (Å²) < 4.78 is 2.42. The second-order valence-corrected chi connectivity index (χ2v) is 18.0. The van der Waals surface area contributed by atoms with Gasteiger partial charge in [-0.2, -0.15) is 9.79 Å². The van der Waals surface area contributed by atoms with E-state index in [1.807, 2.05) is 36.4 Å². The molecule has 0 unspecified atom stereocenters. The zero-order valence-corrected chi connectivity index (χ0v) is 29.1. The maximum absolute atomic E-state index is 5.50. The second-order valence-electron chi connectivity index (χ2n) is 9.93. The van der Waals surface area contributed by atoms with Crippen LogP contribution in [0.25, 0.3) is 41.6 Å². The summed E-state index contributed by atoms with van der Waals surface area (Å²) >= 11 is 14.3. The van der Waals surface area contributed by atoms with E-state index in [9.17, 15) is 0 Å². The van der Waals surface area contributed by atoms with Crippen molar-refractivity contribution in [1.29, 1.82) is 0 Å². The van der Waals surface area contributed by atoms with Crippen LogP contribution >= 0.6 is 22.7 Å². The van der Waals surface area contributed by atoms with E-state index < -0.39 is 8.07 Å². The van der Waals surface area contributed by atoms with Crippen molar-refractivity contribution >= 4 is 81.6 Å². The molecule has 0 aliphatic carbocycles. The van der Waals surface area contributed by atoms with Gasteiger partial charge in [-0.15, -0.1) is 22.7 Å². The molecule has 0 radical (unpaired) electrons. The van der Waals surface area contributed by atoms with Crippen molar-refractivity contribution in [3.8, 4) is 21.1 Å². The van der Waals surface area contributed by atoms with Crippen LogP contribution in [0.4, 0.5) is 0 Å². The summed E-state index contributed by atoms with van der Waals surface area (Å²) in [6.07, 6.45) is 0. The SMILES string of the molecule is C[Si](C)(C)c1ccc([S-])c(-c2nc3ccccc3s2)c1.Cc1ccc([S-])c(-c2nc3ccccc3s2)c1.[Zn+2]. The Morgan fingerprint density at radius 2 is 1.11 bits per heavy atom. The Morgan fingerprint density at radius 3 is 1.61 bits per heavy atom. The van der Waals surface area contributed by atoms with Crippen molar-refractivity contribution in [2.45, 2.75) is 36.4 Å². The molecule has 0 aliphatic heterocycles. The van der Waals surface area contributed by atoms with Crippen molar-refractivity contribution in [1.82, 2.24) is 9.97 Å². The number of thiazole rings is 2. The molecule has 0 saturated heterocycles. The third-order valence-corrected chi connectivity index (χ3v) is 10.9. The number of para-hydroxylation sites is 2. The summed E-state index contributed by atoms with van der Waals surface area (Å²) in [5.41, 5.74) is 5.50. The Kier molecular flexibility index (Phi) is 9.13. The van der Waals surface area contributed by atoms with Crippen molar-refractivity contribution in [3.63, 3.8) is 0 Å². The van der Waals surface area contributed by atoms with Gasteiger partial charge in [-0.1, -0.05) is 91.1 Å². The maximum Gasteiger partial charge on any atom is 2.00 e. The van der Waals surface area contributed by atoms with Crippen molar-refractivity contribution in [2.75, 3.05) is 0 Å². The molecule has 2 aromatic heterocycles. The smallest absolute Gasteiger partial charge is 0.779 e. The number of nitrogens with zero attached hydrogens (tertiary/aromatic N) is 2. The fourth-order valence-electron chi connectivity index (χ4n) is 3.95. The second kappa shape index (κ2) is 12.0. The topological polar surface area (TPSA) is 25.8 Å². The van der Waals surface area contributed by atoms with E-state index in [1.165, 1.54) is 20.2 Å². The molecule has 0 spiro atoms. The van der Waals surface area contributed by atoms with Crippen LogP contribution < -0.4 is 5.19 Å². The molecule has 0 saturated carbocycles. The third-order valence-electron chi connectivity index (χ3n) is 6.03. The fourth-order valence-corrected chi connectivity index (χ4v) is 7.68. The molecular formula is C30H26N2S4SiZn. The first-order chi connectivity index (χ1) is 17.7. The molecule has 0 atom stereocenters. The van der Waals surface area contributed by atoms with E-state index in [0.717, 1.165) is 42.0 Å². The molecule has 4 aromatic carbocycles. The molecule has 6 rings (SSSR count). The normalized spacial score (nSPS) is 11.2. The zero-order chi connectivity index (χ0) is 26.2. The van der Waals surface area contributed by atoms with Gasteiger partial charge >= 0.3 is 19.5 Å². The van der Waals surface area contributed by atoms with Crippen molar-refractivity contribution in [2.24, 2.45) is 0 Å². The monoisotopic (exact) mass is 634 g/mol. The van der Waals surface area contributed by atoms with Crippen LogP contribution in [-0.2, 0) is 44.7 Å². The molecule has 0 aliphatic rings. The van der Waals surface area contributed by atoms with E-state index in [2.05, 4.69) is 80.1 Å². The summed E-state index contributed by atoms with van der Waals surface area (Å²) in [6, 6.07) is 29.1. The summed E-state index contributed by atoms with van der Waals surface area (Å²) in [6.45, 7) is 9.14. The van der Waals surface area contributed by atoms with Gasteiger partial charge in [0.15, 0.2) is 0 Å². The molecule has 38 heavy (non-hydrogen) atoms. The molecular weight excluding hydrogens is 610 g/mol. The van der Waals surface area contributed by atoms with Gasteiger partial charge in [0.25, 0.3) is 0 Å². The van der Waals surface area contributed by atoms with Gasteiger partial charge in [0, 0.05) is 0 Å². The minimum absolute atomic E-state index is 0. The fraction of sp³-hybridized carbons (Fsp3) is 0.133. The minimum atomic E-state index is -1.33. The Hall–Kier alpha value is -2.06. The van der Waals surface area contributed by atoms with Crippen LogP contribution in [0, 0.1) is 6.92 Å². The van der Waals surface area contributed by atoms with Crippen LogP contribution in [0.1, 0.15) is 5.56 Å². The van der Waals surface area contributed by atoms with Gasteiger partial charge in [0.1, 0.15) is 10.0 Å². The average molecular weight is 636 g/mol. The zero-order valence-electron chi connectivity index (χ0n) is 21.8. The molecule has 8 heteroatoms. The van der Waals surface area contributed by atoms with Gasteiger partial charge in [-0.3, -0.25) is 0 Å². The van der Waals surface area contributed by atoms with Crippen molar-refractivity contribution < 1.29 is 19.5 Å². The van der Waals surface area contributed by atoms with Gasteiger partial charge in [0.05, 0.1) is 28.5 Å².